The van der Waals surface area contributed by atoms with Gasteiger partial charge in [-0.3, -0.25) is 4.79 Å². The molecule has 0 fully saturated rings. The van der Waals surface area contributed by atoms with Crippen molar-refractivity contribution in [2.45, 2.75) is 32.9 Å². The first-order chi connectivity index (χ1) is 10.9. The summed E-state index contributed by atoms with van der Waals surface area (Å²) in [5.41, 5.74) is 7.03. The van der Waals surface area contributed by atoms with E-state index in [-0.39, 0.29) is 12.5 Å². The van der Waals surface area contributed by atoms with Crippen LogP contribution in [0.1, 0.15) is 31.5 Å². The molecule has 1 aromatic carbocycles. The van der Waals surface area contributed by atoms with Crippen LogP contribution in [0, 0.1) is 0 Å². The third kappa shape index (κ3) is 3.19. The molecule has 0 saturated heterocycles. The molecule has 2 N–H and O–H groups in total. The normalized spacial score (nSPS) is 11.5. The summed E-state index contributed by atoms with van der Waals surface area (Å²) in [5.74, 6) is 0.812. The fourth-order valence-electron chi connectivity index (χ4n) is 2.60. The molecule has 0 bridgehead atoms. The number of imidazole rings is 1. The Morgan fingerprint density at radius 2 is 2.17 bits per heavy atom. The average Bonchev–Trinajstić information content (AvgIpc) is 3.01. The van der Waals surface area contributed by atoms with Crippen LogP contribution in [-0.2, 0) is 17.8 Å². The van der Waals surface area contributed by atoms with Gasteiger partial charge < -0.3 is 10.3 Å². The topological polar surface area (TPSA) is 91.6 Å². The third-order valence-corrected chi connectivity index (χ3v) is 3.70. The van der Waals surface area contributed by atoms with Gasteiger partial charge in [-0.25, -0.2) is 14.6 Å². The van der Waals surface area contributed by atoms with Gasteiger partial charge in [-0.2, -0.15) is 5.10 Å². The maximum atomic E-state index is 10.9. The second-order valence-electron chi connectivity index (χ2n) is 5.63. The summed E-state index contributed by atoms with van der Waals surface area (Å²) in [5, 5.41) is 4.91. The van der Waals surface area contributed by atoms with Gasteiger partial charge in [0, 0.05) is 11.1 Å². The lowest BCUT2D eigenvalue weighted by Gasteiger charge is -2.12. The maximum Gasteiger partial charge on any atom is 0.225 e. The number of amides is 1. The molecule has 0 saturated carbocycles. The lowest BCUT2D eigenvalue weighted by atomic mass is 10.3. The first kappa shape index (κ1) is 15.5. The average molecular weight is 333 g/mol. The Morgan fingerprint density at radius 1 is 1.39 bits per heavy atom. The molecule has 120 valence electrons. The van der Waals surface area contributed by atoms with E-state index >= 15 is 0 Å². The van der Waals surface area contributed by atoms with Crippen LogP contribution in [-0.4, -0.2) is 30.2 Å². The highest BCUT2D eigenvalue weighted by molar-refractivity contribution is 6.31. The molecule has 1 amide bonds. The van der Waals surface area contributed by atoms with Crippen molar-refractivity contribution in [3.8, 4) is 0 Å². The van der Waals surface area contributed by atoms with Crippen LogP contribution in [0.4, 0.5) is 0 Å². The van der Waals surface area contributed by atoms with Crippen LogP contribution in [0.25, 0.3) is 11.0 Å². The minimum absolute atomic E-state index is 0.0310. The van der Waals surface area contributed by atoms with E-state index in [1.54, 1.807) is 11.0 Å². The number of nitrogens with two attached hydrogens (primary N) is 1. The number of fused-ring (bicyclic) bond motifs is 1. The quantitative estimate of drug-likeness (QED) is 0.772. The third-order valence-electron chi connectivity index (χ3n) is 3.46. The van der Waals surface area contributed by atoms with E-state index in [0.717, 1.165) is 16.9 Å². The molecule has 3 aromatic rings. The number of primary amides is 1. The SMILES string of the molecule is CC(C)n1c(Cn2cnc(CC(N)=O)n2)nc2cc(Cl)ccc21. The molecule has 0 aliphatic heterocycles. The van der Waals surface area contributed by atoms with Crippen LogP contribution in [0.3, 0.4) is 0 Å². The summed E-state index contributed by atoms with van der Waals surface area (Å²) in [7, 11) is 0. The van der Waals surface area contributed by atoms with Crippen LogP contribution >= 0.6 is 11.6 Å². The predicted molar refractivity (Wildman–Crippen MR) is 87.2 cm³/mol. The van der Waals surface area contributed by atoms with Crippen molar-refractivity contribution in [3.63, 3.8) is 0 Å². The molecule has 2 aromatic heterocycles. The van der Waals surface area contributed by atoms with E-state index in [1.165, 1.54) is 0 Å². The Bertz CT molecular complexity index is 866. The highest BCUT2D eigenvalue weighted by atomic mass is 35.5. The van der Waals surface area contributed by atoms with Crippen molar-refractivity contribution < 1.29 is 4.79 Å². The summed E-state index contributed by atoms with van der Waals surface area (Å²) >= 11 is 6.05. The van der Waals surface area contributed by atoms with Crippen molar-refractivity contribution in [1.29, 1.82) is 0 Å². The van der Waals surface area contributed by atoms with E-state index in [4.69, 9.17) is 17.3 Å². The molecular formula is C15H17ClN6O. The largest absolute Gasteiger partial charge is 0.369 e. The molecule has 3 rings (SSSR count). The Balaban J connectivity index is 1.97. The maximum absolute atomic E-state index is 10.9. The predicted octanol–water partition coefficient (Wildman–Crippen LogP) is 1.94. The van der Waals surface area contributed by atoms with Crippen molar-refractivity contribution in [1.82, 2.24) is 24.3 Å². The summed E-state index contributed by atoms with van der Waals surface area (Å²) in [6.45, 7) is 4.65. The van der Waals surface area contributed by atoms with Crippen LogP contribution in [0.5, 0.6) is 0 Å². The molecule has 0 unspecified atom stereocenters. The number of hydrogen-bond donors (Lipinski definition) is 1. The smallest absolute Gasteiger partial charge is 0.225 e. The van der Waals surface area contributed by atoms with Crippen molar-refractivity contribution in [3.05, 3.63) is 41.2 Å². The molecule has 0 aliphatic carbocycles. The van der Waals surface area contributed by atoms with Crippen LogP contribution < -0.4 is 5.73 Å². The fraction of sp³-hybridized carbons (Fsp3) is 0.333. The zero-order chi connectivity index (χ0) is 16.6. The second-order valence-corrected chi connectivity index (χ2v) is 6.06. The monoisotopic (exact) mass is 332 g/mol. The molecule has 0 atom stereocenters. The van der Waals surface area contributed by atoms with Gasteiger partial charge in [-0.1, -0.05) is 11.6 Å². The molecular weight excluding hydrogens is 316 g/mol. The van der Waals surface area contributed by atoms with Gasteiger partial charge in [0.25, 0.3) is 0 Å². The summed E-state index contributed by atoms with van der Waals surface area (Å²) < 4.78 is 3.79. The summed E-state index contributed by atoms with van der Waals surface area (Å²) in [4.78, 5) is 19.7. The minimum atomic E-state index is -0.452. The number of hydrogen-bond acceptors (Lipinski definition) is 4. The molecule has 7 nitrogen and oxygen atoms in total. The Labute approximate surface area is 138 Å². The van der Waals surface area contributed by atoms with E-state index < -0.39 is 5.91 Å². The second kappa shape index (κ2) is 6.00. The van der Waals surface area contributed by atoms with E-state index in [0.29, 0.717) is 17.4 Å². The lowest BCUT2D eigenvalue weighted by molar-refractivity contribution is -0.117. The highest BCUT2D eigenvalue weighted by Crippen LogP contribution is 2.24. The standard InChI is InChI=1S/C15H17ClN6O/c1-9(2)22-12-4-3-10(16)5-11(12)19-15(22)7-21-8-18-14(20-21)6-13(17)23/h3-5,8-9H,6-7H2,1-2H3,(H2,17,23). The Kier molecular flexibility index (Phi) is 4.04. The number of rotatable bonds is 5. The summed E-state index contributed by atoms with van der Waals surface area (Å²) in [6, 6.07) is 5.91. The van der Waals surface area contributed by atoms with Crippen molar-refractivity contribution >= 4 is 28.5 Å². The molecule has 0 radical (unpaired) electrons. The van der Waals surface area contributed by atoms with Gasteiger partial charge >= 0.3 is 0 Å². The number of carbonyl (C=O) groups excluding carboxylic acids is 1. The van der Waals surface area contributed by atoms with Gasteiger partial charge in [-0.15, -0.1) is 0 Å². The van der Waals surface area contributed by atoms with Crippen LogP contribution in [0.2, 0.25) is 5.02 Å². The first-order valence-electron chi connectivity index (χ1n) is 7.27. The zero-order valence-corrected chi connectivity index (χ0v) is 13.7. The lowest BCUT2D eigenvalue weighted by Crippen LogP contribution is -2.15. The molecule has 0 spiro atoms. The van der Waals surface area contributed by atoms with E-state index in [1.807, 2.05) is 18.2 Å². The number of halogens is 1. The van der Waals surface area contributed by atoms with Gasteiger partial charge in [0.15, 0.2) is 5.82 Å². The Morgan fingerprint density at radius 3 is 2.87 bits per heavy atom. The first-order valence-corrected chi connectivity index (χ1v) is 7.65. The minimum Gasteiger partial charge on any atom is -0.369 e. The van der Waals surface area contributed by atoms with Gasteiger partial charge in [0.05, 0.1) is 17.5 Å². The Hall–Kier alpha value is -2.41. The number of aromatic nitrogens is 5. The molecule has 2 heterocycles. The molecule has 23 heavy (non-hydrogen) atoms. The van der Waals surface area contributed by atoms with Crippen molar-refractivity contribution in [2.24, 2.45) is 5.73 Å². The van der Waals surface area contributed by atoms with Crippen LogP contribution in [0.15, 0.2) is 24.5 Å². The van der Waals surface area contributed by atoms with Gasteiger partial charge in [0.1, 0.15) is 18.7 Å². The van der Waals surface area contributed by atoms with E-state index in [2.05, 4.69) is 33.5 Å². The molecule has 0 aliphatic rings. The fourth-order valence-corrected chi connectivity index (χ4v) is 2.77. The molecule has 8 heteroatoms. The van der Waals surface area contributed by atoms with E-state index in [9.17, 15) is 4.79 Å². The number of carbonyl (C=O) groups is 1. The zero-order valence-electron chi connectivity index (χ0n) is 12.9. The van der Waals surface area contributed by atoms with Gasteiger partial charge in [0.2, 0.25) is 5.91 Å². The number of benzene rings is 1. The highest BCUT2D eigenvalue weighted by Gasteiger charge is 2.15. The van der Waals surface area contributed by atoms with Gasteiger partial charge in [-0.05, 0) is 32.0 Å². The summed E-state index contributed by atoms with van der Waals surface area (Å²) in [6.07, 6.45) is 1.61. The van der Waals surface area contributed by atoms with Crippen molar-refractivity contribution in [2.75, 3.05) is 0 Å². The number of nitrogens with zero attached hydrogens (tertiary/aromatic N) is 5.